The molecule has 0 N–H and O–H groups in total. The van der Waals surface area contributed by atoms with Crippen molar-refractivity contribution in [2.75, 3.05) is 6.61 Å². The van der Waals surface area contributed by atoms with Gasteiger partial charge in [0, 0.05) is 6.42 Å². The van der Waals surface area contributed by atoms with E-state index in [4.69, 9.17) is 18.9 Å². The quantitative estimate of drug-likeness (QED) is 0.435. The van der Waals surface area contributed by atoms with Crippen LogP contribution in [0.4, 0.5) is 0 Å². The zero-order valence-electron chi connectivity index (χ0n) is 18.0. The molecule has 3 aromatic carbocycles. The molecule has 0 spiro atoms. The summed E-state index contributed by atoms with van der Waals surface area (Å²) in [4.78, 5) is 12.6. The third kappa shape index (κ3) is 6.50. The maximum atomic E-state index is 12.6. The number of hydrogen-bond acceptors (Lipinski definition) is 5. The van der Waals surface area contributed by atoms with E-state index in [2.05, 4.69) is 0 Å². The van der Waals surface area contributed by atoms with Crippen LogP contribution < -0.4 is 0 Å². The van der Waals surface area contributed by atoms with Gasteiger partial charge >= 0.3 is 5.97 Å². The van der Waals surface area contributed by atoms with Gasteiger partial charge in [0.25, 0.3) is 0 Å². The maximum Gasteiger partial charge on any atom is 0.335 e. The van der Waals surface area contributed by atoms with Crippen LogP contribution in [0.1, 0.15) is 23.1 Å². The molecule has 1 aliphatic heterocycles. The number of carbonyl (C=O) groups is 1. The van der Waals surface area contributed by atoms with Crippen LogP contribution in [0.5, 0.6) is 0 Å². The Kier molecular flexibility index (Phi) is 8.04. The van der Waals surface area contributed by atoms with Crippen molar-refractivity contribution in [3.63, 3.8) is 0 Å². The van der Waals surface area contributed by atoms with Gasteiger partial charge in [-0.15, -0.1) is 0 Å². The summed E-state index contributed by atoms with van der Waals surface area (Å²) in [7, 11) is 0. The van der Waals surface area contributed by atoms with Gasteiger partial charge in [-0.3, -0.25) is 0 Å². The second kappa shape index (κ2) is 11.6. The van der Waals surface area contributed by atoms with Gasteiger partial charge in [0.05, 0.1) is 26.4 Å². The number of ether oxygens (including phenoxy) is 4. The SMILES string of the molecule is O=C1O[C@H](COCc2ccccc2)[C@@H](OCc2ccccc2)C[C@@H]1OCc1ccccc1. The van der Waals surface area contributed by atoms with Gasteiger partial charge in [-0.1, -0.05) is 91.0 Å². The monoisotopic (exact) mass is 432 g/mol. The predicted octanol–water partition coefficient (Wildman–Crippen LogP) is 4.69. The molecule has 0 bridgehead atoms. The highest BCUT2D eigenvalue weighted by atomic mass is 16.6. The minimum Gasteiger partial charge on any atom is -0.455 e. The van der Waals surface area contributed by atoms with E-state index in [1.807, 2.05) is 91.0 Å². The third-order valence-electron chi connectivity index (χ3n) is 5.39. The molecule has 1 heterocycles. The Labute approximate surface area is 188 Å². The van der Waals surface area contributed by atoms with Gasteiger partial charge in [-0.2, -0.15) is 0 Å². The molecule has 0 radical (unpaired) electrons. The first-order valence-electron chi connectivity index (χ1n) is 10.9. The lowest BCUT2D eigenvalue weighted by molar-refractivity contribution is -0.199. The summed E-state index contributed by atoms with van der Waals surface area (Å²) in [6.45, 7) is 1.50. The van der Waals surface area contributed by atoms with Crippen molar-refractivity contribution in [2.45, 2.75) is 44.6 Å². The Morgan fingerprint density at radius 1 is 0.688 bits per heavy atom. The smallest absolute Gasteiger partial charge is 0.335 e. The van der Waals surface area contributed by atoms with Crippen LogP contribution in [0.15, 0.2) is 91.0 Å². The maximum absolute atomic E-state index is 12.6. The molecular formula is C27H28O5. The van der Waals surface area contributed by atoms with Crippen LogP contribution >= 0.6 is 0 Å². The number of esters is 1. The fourth-order valence-electron chi connectivity index (χ4n) is 3.63. The number of rotatable bonds is 10. The molecule has 32 heavy (non-hydrogen) atoms. The molecule has 0 aromatic heterocycles. The number of carbonyl (C=O) groups excluding carboxylic acids is 1. The standard InChI is InChI=1S/C27H28O5/c28-27-25(31-19-23-14-8-3-9-15-23)16-24(30-18-22-12-6-2-7-13-22)26(32-27)20-29-17-21-10-4-1-5-11-21/h1-15,24-26H,16-20H2/t24-,25-,26+/m0/s1. The van der Waals surface area contributed by atoms with Crippen molar-refractivity contribution in [1.29, 1.82) is 0 Å². The Morgan fingerprint density at radius 2 is 1.19 bits per heavy atom. The van der Waals surface area contributed by atoms with Crippen LogP contribution in [0, 0.1) is 0 Å². The number of cyclic esters (lactones) is 1. The summed E-state index contributed by atoms with van der Waals surface area (Å²) in [6.07, 6.45) is -1.03. The van der Waals surface area contributed by atoms with Gasteiger partial charge in [-0.25, -0.2) is 4.79 Å². The second-order valence-corrected chi connectivity index (χ2v) is 7.83. The molecule has 3 aromatic rings. The highest BCUT2D eigenvalue weighted by Crippen LogP contribution is 2.24. The van der Waals surface area contributed by atoms with Crippen LogP contribution in [0.2, 0.25) is 0 Å². The fourth-order valence-corrected chi connectivity index (χ4v) is 3.63. The van der Waals surface area contributed by atoms with Crippen molar-refractivity contribution in [3.8, 4) is 0 Å². The Hall–Kier alpha value is -2.99. The summed E-state index contributed by atoms with van der Waals surface area (Å²) in [5.41, 5.74) is 3.14. The van der Waals surface area contributed by atoms with Crippen molar-refractivity contribution < 1.29 is 23.7 Å². The summed E-state index contributed by atoms with van der Waals surface area (Å²) >= 11 is 0. The molecule has 3 atom stereocenters. The molecule has 166 valence electrons. The summed E-state index contributed by atoms with van der Waals surface area (Å²) < 4.78 is 23.6. The number of benzene rings is 3. The van der Waals surface area contributed by atoms with E-state index in [1.54, 1.807) is 0 Å². The topological polar surface area (TPSA) is 54.0 Å². The van der Waals surface area contributed by atoms with E-state index in [-0.39, 0.29) is 18.7 Å². The second-order valence-electron chi connectivity index (χ2n) is 7.83. The van der Waals surface area contributed by atoms with E-state index in [0.717, 1.165) is 16.7 Å². The Bertz CT molecular complexity index is 946. The molecule has 1 aliphatic rings. The first kappa shape index (κ1) is 22.2. The minimum atomic E-state index is -0.665. The predicted molar refractivity (Wildman–Crippen MR) is 121 cm³/mol. The molecule has 5 nitrogen and oxygen atoms in total. The third-order valence-corrected chi connectivity index (χ3v) is 5.39. The zero-order chi connectivity index (χ0) is 22.0. The van der Waals surface area contributed by atoms with Crippen molar-refractivity contribution in [1.82, 2.24) is 0 Å². The lowest BCUT2D eigenvalue weighted by atomic mass is 10.0. The van der Waals surface area contributed by atoms with Crippen LogP contribution in [-0.2, 0) is 43.6 Å². The van der Waals surface area contributed by atoms with E-state index < -0.39 is 12.2 Å². The molecule has 0 unspecified atom stereocenters. The van der Waals surface area contributed by atoms with Crippen LogP contribution in [0.3, 0.4) is 0 Å². The molecule has 4 rings (SSSR count). The molecule has 5 heteroatoms. The van der Waals surface area contributed by atoms with Crippen LogP contribution in [0.25, 0.3) is 0 Å². The zero-order valence-corrected chi connectivity index (χ0v) is 18.0. The highest BCUT2D eigenvalue weighted by molar-refractivity contribution is 5.75. The highest BCUT2D eigenvalue weighted by Gasteiger charge is 2.39. The van der Waals surface area contributed by atoms with Gasteiger partial charge in [0.2, 0.25) is 0 Å². The normalized spacial score (nSPS) is 20.6. The van der Waals surface area contributed by atoms with Crippen LogP contribution in [-0.4, -0.2) is 30.9 Å². The van der Waals surface area contributed by atoms with E-state index in [0.29, 0.717) is 26.2 Å². The van der Waals surface area contributed by atoms with Gasteiger partial charge in [0.1, 0.15) is 6.10 Å². The van der Waals surface area contributed by atoms with E-state index >= 15 is 0 Å². The largest absolute Gasteiger partial charge is 0.455 e. The first-order chi connectivity index (χ1) is 15.8. The van der Waals surface area contributed by atoms with E-state index in [9.17, 15) is 4.79 Å². The van der Waals surface area contributed by atoms with Gasteiger partial charge in [-0.05, 0) is 16.7 Å². The minimum absolute atomic E-state index is 0.269. The molecule has 1 fully saturated rings. The molecule has 0 aliphatic carbocycles. The molecule has 0 saturated carbocycles. The molecule has 0 amide bonds. The van der Waals surface area contributed by atoms with Crippen molar-refractivity contribution >= 4 is 5.97 Å². The summed E-state index contributed by atoms with van der Waals surface area (Å²) in [6, 6.07) is 29.7. The Morgan fingerprint density at radius 3 is 1.75 bits per heavy atom. The van der Waals surface area contributed by atoms with Crippen molar-refractivity contribution in [2.24, 2.45) is 0 Å². The lowest BCUT2D eigenvalue weighted by Gasteiger charge is -2.35. The Balaban J connectivity index is 1.36. The lowest BCUT2D eigenvalue weighted by Crippen LogP contribution is -2.48. The summed E-state index contributed by atoms with van der Waals surface area (Å²) in [5, 5.41) is 0. The molecule has 1 saturated heterocycles. The molecular weight excluding hydrogens is 404 g/mol. The van der Waals surface area contributed by atoms with Gasteiger partial charge < -0.3 is 18.9 Å². The van der Waals surface area contributed by atoms with Crippen molar-refractivity contribution in [3.05, 3.63) is 108 Å². The summed E-state index contributed by atoms with van der Waals surface area (Å²) in [5.74, 6) is -0.367. The fraction of sp³-hybridized carbons (Fsp3) is 0.296. The first-order valence-corrected chi connectivity index (χ1v) is 10.9. The average molecular weight is 433 g/mol. The number of hydrogen-bond donors (Lipinski definition) is 0. The average Bonchev–Trinajstić information content (AvgIpc) is 2.85. The van der Waals surface area contributed by atoms with Gasteiger partial charge in [0.15, 0.2) is 12.2 Å². The van der Waals surface area contributed by atoms with E-state index in [1.165, 1.54) is 0 Å².